The molecule has 0 atom stereocenters. The summed E-state index contributed by atoms with van der Waals surface area (Å²) in [7, 11) is 2.07. The lowest BCUT2D eigenvalue weighted by molar-refractivity contribution is 0.474. The van der Waals surface area contributed by atoms with Crippen LogP contribution in [0.5, 0.6) is 11.5 Å². The van der Waals surface area contributed by atoms with Crippen LogP contribution in [0.15, 0.2) is 67.3 Å². The Morgan fingerprint density at radius 1 is 0.878 bits per heavy atom. The summed E-state index contributed by atoms with van der Waals surface area (Å²) in [6.07, 6.45) is 8.23. The molecule has 4 aromatic rings. The molecule has 4 heterocycles. The third kappa shape index (κ3) is 5.57. The summed E-state index contributed by atoms with van der Waals surface area (Å²) >= 11 is 0. The molecule has 0 saturated carbocycles. The molecule has 0 saturated heterocycles. The fourth-order valence-corrected chi connectivity index (χ4v) is 5.60. The number of pyridine rings is 2. The number of benzene rings is 1. The van der Waals surface area contributed by atoms with E-state index in [0.29, 0.717) is 11.8 Å². The maximum absolute atomic E-state index is 6.63. The van der Waals surface area contributed by atoms with Crippen molar-refractivity contribution in [3.8, 4) is 11.5 Å². The molecule has 0 fully saturated rings. The van der Waals surface area contributed by atoms with Crippen molar-refractivity contribution in [3.63, 3.8) is 0 Å². The van der Waals surface area contributed by atoms with Gasteiger partial charge in [-0.2, -0.15) is 0 Å². The van der Waals surface area contributed by atoms with Gasteiger partial charge in [0.2, 0.25) is 0 Å². The Bertz CT molecular complexity index is 1590. The molecule has 0 bridgehead atoms. The average Bonchev–Trinajstić information content (AvgIpc) is 3.52. The molecule has 0 spiro atoms. The number of imidazole rings is 1. The molecule has 6 nitrogen and oxygen atoms in total. The molecular weight excluding hydrogens is 506 g/mol. The van der Waals surface area contributed by atoms with E-state index in [1.807, 2.05) is 12.3 Å². The first-order valence-corrected chi connectivity index (χ1v) is 14.7. The highest BCUT2D eigenvalue weighted by atomic mass is 16.5. The number of fused-ring (bicyclic) bond motifs is 1. The Morgan fingerprint density at radius 3 is 2.27 bits per heavy atom. The van der Waals surface area contributed by atoms with Crippen molar-refractivity contribution < 1.29 is 4.74 Å². The van der Waals surface area contributed by atoms with Gasteiger partial charge in [-0.1, -0.05) is 68.4 Å². The molecular formula is C35H45N5O. The third-order valence-electron chi connectivity index (χ3n) is 8.06. The lowest BCUT2D eigenvalue weighted by Gasteiger charge is -2.28. The molecule has 1 aliphatic heterocycles. The molecule has 6 heteroatoms. The molecule has 0 N–H and O–H groups in total. The number of hydrogen-bond acceptors (Lipinski definition) is 5. The number of aromatic nitrogens is 3. The minimum atomic E-state index is -0.414. The monoisotopic (exact) mass is 551 g/mol. The van der Waals surface area contributed by atoms with Gasteiger partial charge in [-0.25, -0.2) is 4.98 Å². The molecule has 0 amide bonds. The zero-order valence-electron chi connectivity index (χ0n) is 26.4. The van der Waals surface area contributed by atoms with Crippen molar-refractivity contribution in [2.75, 3.05) is 18.6 Å². The van der Waals surface area contributed by atoms with Crippen LogP contribution in [0.3, 0.4) is 0 Å². The number of anilines is 1. The van der Waals surface area contributed by atoms with E-state index < -0.39 is 5.41 Å². The Hall–Kier alpha value is -3.80. The van der Waals surface area contributed by atoms with Crippen molar-refractivity contribution in [1.82, 2.24) is 19.3 Å². The predicted molar refractivity (Wildman–Crippen MR) is 169 cm³/mol. The summed E-state index contributed by atoms with van der Waals surface area (Å²) < 4.78 is 8.90. The Labute approximate surface area is 245 Å². The van der Waals surface area contributed by atoms with E-state index in [1.165, 1.54) is 11.3 Å². The quantitative estimate of drug-likeness (QED) is 0.230. The molecule has 3 aromatic heterocycles. The van der Waals surface area contributed by atoms with Crippen LogP contribution in [0.25, 0.3) is 5.65 Å². The summed E-state index contributed by atoms with van der Waals surface area (Å²) in [5.74, 6) is 2.20. The topological polar surface area (TPSA) is 45.9 Å². The maximum atomic E-state index is 6.63. The molecule has 1 aliphatic rings. The molecule has 41 heavy (non-hydrogen) atoms. The van der Waals surface area contributed by atoms with Crippen LogP contribution in [0.2, 0.25) is 0 Å². The largest absolute Gasteiger partial charge is 0.456 e. The van der Waals surface area contributed by atoms with Crippen LogP contribution in [-0.4, -0.2) is 33.0 Å². The van der Waals surface area contributed by atoms with Crippen molar-refractivity contribution >= 4 is 11.3 Å². The minimum absolute atomic E-state index is 0.0291. The van der Waals surface area contributed by atoms with Gasteiger partial charge in [0, 0.05) is 54.1 Å². The zero-order chi connectivity index (χ0) is 29.7. The van der Waals surface area contributed by atoms with E-state index in [9.17, 15) is 0 Å². The predicted octanol–water partition coefficient (Wildman–Crippen LogP) is 8.57. The standard InChI is InChI=1S/C35H45N5O/c1-23(2)31-32(24(3)4)40-21-28(41-27-13-11-12-26(19-27)39-17-16-38(10)22-39)20-29(33(40)37-31)35(8,9)30-18-25(14-15-36-30)34(5,6)7/h11-21,23-24H,22H2,1-10H3. The van der Waals surface area contributed by atoms with Gasteiger partial charge < -0.3 is 14.5 Å². The molecule has 1 aromatic carbocycles. The second-order valence-corrected chi connectivity index (χ2v) is 13.5. The van der Waals surface area contributed by atoms with E-state index >= 15 is 0 Å². The lowest BCUT2D eigenvalue weighted by Crippen LogP contribution is -2.23. The molecule has 0 aliphatic carbocycles. The molecule has 5 rings (SSSR count). The highest BCUT2D eigenvalue weighted by Gasteiger charge is 2.32. The number of rotatable bonds is 7. The summed E-state index contributed by atoms with van der Waals surface area (Å²) in [5, 5.41) is 0. The number of ether oxygens (including phenoxy) is 1. The second-order valence-electron chi connectivity index (χ2n) is 13.5. The second kappa shape index (κ2) is 10.6. The summed E-state index contributed by atoms with van der Waals surface area (Å²) in [4.78, 5) is 14.5. The highest BCUT2D eigenvalue weighted by molar-refractivity contribution is 5.61. The summed E-state index contributed by atoms with van der Waals surface area (Å²) in [6, 6.07) is 14.8. The van der Waals surface area contributed by atoms with Gasteiger partial charge in [0.15, 0.2) is 0 Å². The van der Waals surface area contributed by atoms with Gasteiger partial charge in [-0.05, 0) is 53.1 Å². The van der Waals surface area contributed by atoms with E-state index in [4.69, 9.17) is 14.7 Å². The fraction of sp³-hybridized carbons (Fsp3) is 0.429. The van der Waals surface area contributed by atoms with Gasteiger partial charge >= 0.3 is 0 Å². The number of nitrogens with zero attached hydrogens (tertiary/aromatic N) is 5. The highest BCUT2D eigenvalue weighted by Crippen LogP contribution is 2.40. The van der Waals surface area contributed by atoms with Crippen molar-refractivity contribution in [2.45, 2.75) is 85.0 Å². The Balaban J connectivity index is 1.67. The smallest absolute Gasteiger partial charge is 0.144 e. The van der Waals surface area contributed by atoms with Crippen molar-refractivity contribution in [2.24, 2.45) is 0 Å². The van der Waals surface area contributed by atoms with Crippen molar-refractivity contribution in [1.29, 1.82) is 0 Å². The van der Waals surface area contributed by atoms with Crippen LogP contribution in [0.1, 0.15) is 102 Å². The van der Waals surface area contributed by atoms with Crippen LogP contribution in [0.4, 0.5) is 5.69 Å². The summed E-state index contributed by atoms with van der Waals surface area (Å²) in [5.41, 5.74) is 7.44. The van der Waals surface area contributed by atoms with Crippen LogP contribution in [-0.2, 0) is 10.8 Å². The van der Waals surface area contributed by atoms with Gasteiger partial charge in [-0.15, -0.1) is 0 Å². The van der Waals surface area contributed by atoms with Gasteiger partial charge in [0.25, 0.3) is 0 Å². The molecule has 216 valence electrons. The fourth-order valence-electron chi connectivity index (χ4n) is 5.60. The first-order valence-electron chi connectivity index (χ1n) is 14.7. The molecule has 0 radical (unpaired) electrons. The van der Waals surface area contributed by atoms with E-state index in [0.717, 1.165) is 46.5 Å². The van der Waals surface area contributed by atoms with Crippen molar-refractivity contribution in [3.05, 3.63) is 95.5 Å². The third-order valence-corrected chi connectivity index (χ3v) is 8.06. The van der Waals surface area contributed by atoms with E-state index in [-0.39, 0.29) is 5.41 Å². The number of hydrogen-bond donors (Lipinski definition) is 0. The molecule has 0 unspecified atom stereocenters. The first-order chi connectivity index (χ1) is 19.3. The Kier molecular flexibility index (Phi) is 7.39. The van der Waals surface area contributed by atoms with Gasteiger partial charge in [-0.3, -0.25) is 9.38 Å². The van der Waals surface area contributed by atoms with E-state index in [1.54, 1.807) is 0 Å². The minimum Gasteiger partial charge on any atom is -0.456 e. The van der Waals surface area contributed by atoms with E-state index in [2.05, 4.69) is 139 Å². The first kappa shape index (κ1) is 28.7. The van der Waals surface area contributed by atoms with Crippen LogP contribution in [0, 0.1) is 0 Å². The Morgan fingerprint density at radius 2 is 1.63 bits per heavy atom. The lowest BCUT2D eigenvalue weighted by atomic mass is 9.79. The van der Waals surface area contributed by atoms with Gasteiger partial charge in [0.05, 0.1) is 24.3 Å². The average molecular weight is 552 g/mol. The normalized spacial score (nSPS) is 14.2. The zero-order valence-corrected chi connectivity index (χ0v) is 26.4. The summed E-state index contributed by atoms with van der Waals surface area (Å²) in [6.45, 7) is 21.0. The van der Waals surface area contributed by atoms with Gasteiger partial charge in [0.1, 0.15) is 17.1 Å². The maximum Gasteiger partial charge on any atom is 0.144 e. The van der Waals surface area contributed by atoms with Crippen LogP contribution < -0.4 is 9.64 Å². The van der Waals surface area contributed by atoms with Crippen LogP contribution >= 0.6 is 0 Å². The SMILES string of the molecule is CC(C)c1nc2c(C(C)(C)c3cc(C(C)(C)C)ccn3)cc(Oc3cccc(N4C=CN(C)C4)c3)cn2c1C(C)C.